The van der Waals surface area contributed by atoms with Gasteiger partial charge in [-0.3, -0.25) is 9.69 Å². The van der Waals surface area contributed by atoms with Gasteiger partial charge >= 0.3 is 0 Å². The van der Waals surface area contributed by atoms with Crippen LogP contribution < -0.4 is 16.0 Å². The lowest BCUT2D eigenvalue weighted by molar-refractivity contribution is -0.135. The van der Waals surface area contributed by atoms with Gasteiger partial charge in [0.05, 0.1) is 5.54 Å². The lowest BCUT2D eigenvalue weighted by Crippen LogP contribution is -2.65. The second-order valence-corrected chi connectivity index (χ2v) is 5.12. The summed E-state index contributed by atoms with van der Waals surface area (Å²) in [7, 11) is 0. The van der Waals surface area contributed by atoms with Crippen molar-refractivity contribution in [3.63, 3.8) is 0 Å². The SMILES string of the molecule is CC1(C)C(=O)NCCN1CC1CNCCN1. The molecule has 2 heterocycles. The zero-order valence-electron chi connectivity index (χ0n) is 10.2. The van der Waals surface area contributed by atoms with Crippen LogP contribution in [0.1, 0.15) is 13.8 Å². The number of carbonyl (C=O) groups is 1. The van der Waals surface area contributed by atoms with Crippen molar-refractivity contribution in [2.75, 3.05) is 39.3 Å². The second kappa shape index (κ2) is 4.69. The molecule has 0 aromatic heterocycles. The summed E-state index contributed by atoms with van der Waals surface area (Å²) in [4.78, 5) is 14.1. The first-order chi connectivity index (χ1) is 7.60. The van der Waals surface area contributed by atoms with E-state index < -0.39 is 0 Å². The fraction of sp³-hybridized carbons (Fsp3) is 0.909. The van der Waals surface area contributed by atoms with Gasteiger partial charge < -0.3 is 16.0 Å². The first-order valence-electron chi connectivity index (χ1n) is 6.08. The van der Waals surface area contributed by atoms with Gasteiger partial charge in [0.1, 0.15) is 0 Å². The highest BCUT2D eigenvalue weighted by Gasteiger charge is 2.38. The average Bonchev–Trinajstić information content (AvgIpc) is 2.27. The van der Waals surface area contributed by atoms with Crippen molar-refractivity contribution in [2.45, 2.75) is 25.4 Å². The summed E-state index contributed by atoms with van der Waals surface area (Å²) in [6, 6.07) is 0.457. The lowest BCUT2D eigenvalue weighted by Gasteiger charge is -2.43. The number of nitrogens with zero attached hydrogens (tertiary/aromatic N) is 1. The van der Waals surface area contributed by atoms with E-state index in [0.717, 1.165) is 39.3 Å². The molecule has 16 heavy (non-hydrogen) atoms. The normalized spacial score (nSPS) is 31.1. The maximum atomic E-state index is 11.8. The molecule has 1 unspecified atom stereocenters. The number of hydrogen-bond acceptors (Lipinski definition) is 4. The minimum absolute atomic E-state index is 0.141. The van der Waals surface area contributed by atoms with Gasteiger partial charge in [-0.05, 0) is 13.8 Å². The molecule has 0 saturated carbocycles. The average molecular weight is 226 g/mol. The lowest BCUT2D eigenvalue weighted by atomic mass is 9.98. The van der Waals surface area contributed by atoms with Gasteiger partial charge in [0.2, 0.25) is 5.91 Å². The Labute approximate surface area is 96.9 Å². The molecule has 2 aliphatic rings. The number of rotatable bonds is 2. The summed E-state index contributed by atoms with van der Waals surface area (Å²) in [5.74, 6) is 0.141. The van der Waals surface area contributed by atoms with E-state index in [2.05, 4.69) is 20.9 Å². The van der Waals surface area contributed by atoms with Gasteiger partial charge in [-0.2, -0.15) is 0 Å². The third-order valence-electron chi connectivity index (χ3n) is 3.58. The predicted molar refractivity (Wildman–Crippen MR) is 63.3 cm³/mol. The van der Waals surface area contributed by atoms with Crippen LogP contribution in [0.15, 0.2) is 0 Å². The Bertz CT molecular complexity index is 261. The van der Waals surface area contributed by atoms with Crippen LogP contribution in [0.2, 0.25) is 0 Å². The first kappa shape index (κ1) is 11.8. The molecule has 2 rings (SSSR count). The topological polar surface area (TPSA) is 56.4 Å². The Kier molecular flexibility index (Phi) is 3.47. The zero-order chi connectivity index (χ0) is 11.6. The van der Waals surface area contributed by atoms with E-state index in [1.54, 1.807) is 0 Å². The largest absolute Gasteiger partial charge is 0.353 e. The fourth-order valence-corrected chi connectivity index (χ4v) is 2.37. The predicted octanol–water partition coefficient (Wildman–Crippen LogP) is -1.24. The molecular weight excluding hydrogens is 204 g/mol. The van der Waals surface area contributed by atoms with Crippen LogP contribution in [-0.4, -0.2) is 61.7 Å². The standard InChI is InChI=1S/C11H22N4O/c1-11(2)10(16)14-5-6-15(11)8-9-7-12-3-4-13-9/h9,12-13H,3-8H2,1-2H3,(H,14,16). The van der Waals surface area contributed by atoms with E-state index in [1.165, 1.54) is 0 Å². The van der Waals surface area contributed by atoms with Gasteiger partial charge in [0.25, 0.3) is 0 Å². The molecule has 5 nitrogen and oxygen atoms in total. The van der Waals surface area contributed by atoms with Crippen molar-refractivity contribution >= 4 is 5.91 Å². The maximum absolute atomic E-state index is 11.8. The summed E-state index contributed by atoms with van der Waals surface area (Å²) < 4.78 is 0. The number of amides is 1. The first-order valence-corrected chi connectivity index (χ1v) is 6.08. The molecule has 0 bridgehead atoms. The summed E-state index contributed by atoms with van der Waals surface area (Å²) in [6.07, 6.45) is 0. The number of nitrogens with one attached hydrogen (secondary N) is 3. The van der Waals surface area contributed by atoms with Crippen LogP contribution in [0.4, 0.5) is 0 Å². The fourth-order valence-electron chi connectivity index (χ4n) is 2.37. The smallest absolute Gasteiger partial charge is 0.240 e. The highest BCUT2D eigenvalue weighted by Crippen LogP contribution is 2.17. The maximum Gasteiger partial charge on any atom is 0.240 e. The van der Waals surface area contributed by atoms with Gasteiger partial charge in [-0.15, -0.1) is 0 Å². The number of piperazine rings is 2. The van der Waals surface area contributed by atoms with Crippen molar-refractivity contribution in [2.24, 2.45) is 0 Å². The van der Waals surface area contributed by atoms with Crippen molar-refractivity contribution < 1.29 is 4.79 Å². The third kappa shape index (κ3) is 2.36. The van der Waals surface area contributed by atoms with Crippen LogP contribution >= 0.6 is 0 Å². The quantitative estimate of drug-likeness (QED) is 0.551. The summed E-state index contributed by atoms with van der Waals surface area (Å²) in [5.41, 5.74) is -0.378. The highest BCUT2D eigenvalue weighted by molar-refractivity contribution is 5.86. The molecule has 0 aromatic carbocycles. The number of carbonyl (C=O) groups excluding carboxylic acids is 1. The monoisotopic (exact) mass is 226 g/mol. The van der Waals surface area contributed by atoms with Crippen molar-refractivity contribution in [3.05, 3.63) is 0 Å². The van der Waals surface area contributed by atoms with Gasteiger partial charge in [-0.1, -0.05) is 0 Å². The third-order valence-corrected chi connectivity index (χ3v) is 3.58. The van der Waals surface area contributed by atoms with Gasteiger partial charge in [0.15, 0.2) is 0 Å². The second-order valence-electron chi connectivity index (χ2n) is 5.12. The van der Waals surface area contributed by atoms with Crippen LogP contribution in [0.5, 0.6) is 0 Å². The number of hydrogen-bond donors (Lipinski definition) is 3. The van der Waals surface area contributed by atoms with Crippen molar-refractivity contribution in [1.82, 2.24) is 20.9 Å². The van der Waals surface area contributed by atoms with Crippen LogP contribution in [0.25, 0.3) is 0 Å². The molecule has 5 heteroatoms. The summed E-state index contributed by atoms with van der Waals surface area (Å²) >= 11 is 0. The molecule has 1 amide bonds. The Morgan fingerprint density at radius 2 is 2.19 bits per heavy atom. The Morgan fingerprint density at radius 1 is 1.38 bits per heavy atom. The molecule has 0 spiro atoms. The highest BCUT2D eigenvalue weighted by atomic mass is 16.2. The molecule has 2 fully saturated rings. The summed E-state index contributed by atoms with van der Waals surface area (Å²) in [6.45, 7) is 9.70. The van der Waals surface area contributed by atoms with Crippen molar-refractivity contribution in [1.29, 1.82) is 0 Å². The zero-order valence-corrected chi connectivity index (χ0v) is 10.2. The van der Waals surface area contributed by atoms with Crippen LogP contribution in [0, 0.1) is 0 Å². The van der Waals surface area contributed by atoms with E-state index in [1.807, 2.05) is 13.8 Å². The Morgan fingerprint density at radius 3 is 2.88 bits per heavy atom. The molecule has 1 atom stereocenters. The molecule has 0 aromatic rings. The van der Waals surface area contributed by atoms with E-state index in [-0.39, 0.29) is 11.4 Å². The van der Waals surface area contributed by atoms with E-state index in [0.29, 0.717) is 6.04 Å². The van der Waals surface area contributed by atoms with E-state index in [4.69, 9.17) is 0 Å². The summed E-state index contributed by atoms with van der Waals surface area (Å²) in [5, 5.41) is 9.78. The molecule has 92 valence electrons. The molecule has 0 radical (unpaired) electrons. The van der Waals surface area contributed by atoms with Crippen LogP contribution in [-0.2, 0) is 4.79 Å². The molecule has 2 aliphatic heterocycles. The van der Waals surface area contributed by atoms with E-state index >= 15 is 0 Å². The van der Waals surface area contributed by atoms with Gasteiger partial charge in [-0.25, -0.2) is 0 Å². The molecule has 2 saturated heterocycles. The Hall–Kier alpha value is -0.650. The molecular formula is C11H22N4O. The van der Waals surface area contributed by atoms with Gasteiger partial charge in [0, 0.05) is 45.3 Å². The minimum atomic E-state index is -0.378. The minimum Gasteiger partial charge on any atom is -0.353 e. The van der Waals surface area contributed by atoms with E-state index in [9.17, 15) is 4.79 Å². The molecule has 0 aliphatic carbocycles. The molecule has 3 N–H and O–H groups in total. The van der Waals surface area contributed by atoms with Crippen molar-refractivity contribution in [3.8, 4) is 0 Å². The van der Waals surface area contributed by atoms with Crippen LogP contribution in [0.3, 0.4) is 0 Å². The Balaban J connectivity index is 1.94.